The number of amides is 5. The highest BCUT2D eigenvalue weighted by Crippen LogP contribution is 2.50. The maximum absolute atomic E-state index is 15.0. The lowest BCUT2D eigenvalue weighted by Crippen LogP contribution is -2.59. The molecule has 7 aromatic rings. The minimum atomic E-state index is -4.33. The molecule has 84 heavy (non-hydrogen) atoms. The van der Waals surface area contributed by atoms with E-state index < -0.39 is 111 Å². The number of allylic oxidation sites excluding steroid dienone is 1. The number of thioether (sulfide) groups is 2. The third kappa shape index (κ3) is 15.7. The van der Waals surface area contributed by atoms with Crippen LogP contribution >= 0.6 is 23.5 Å². The van der Waals surface area contributed by atoms with Gasteiger partial charge in [-0.15, -0.1) is 23.5 Å². The molecule has 1 fully saturated rings. The van der Waals surface area contributed by atoms with Crippen LogP contribution in [0.2, 0.25) is 0 Å². The van der Waals surface area contributed by atoms with Gasteiger partial charge in [-0.05, 0) is 83.0 Å². The Labute approximate surface area is 500 Å². The van der Waals surface area contributed by atoms with Crippen molar-refractivity contribution in [3.8, 4) is 0 Å². The summed E-state index contributed by atoms with van der Waals surface area (Å²) >= 11 is 3.10. The number of rotatable bonds is 20. The third-order valence-electron chi connectivity index (χ3n) is 14.3. The number of carbonyl (C=O) groups excluding carboxylic acids is 6. The summed E-state index contributed by atoms with van der Waals surface area (Å²) in [4.78, 5) is 85.5. The van der Waals surface area contributed by atoms with Crippen LogP contribution in [0.4, 0.5) is 0 Å². The van der Waals surface area contributed by atoms with Crippen LogP contribution in [0.5, 0.6) is 0 Å². The quantitative estimate of drug-likeness (QED) is 0.0210. The standard InChI is InChI=1S/C67H69N5O9S3/c1-47(2)62-65(78)68-45-61(75)81-55(36-22-23-43-82-66(49-24-10-4-11-25-49,50-26-12-5-13-27-50)51-28-14-6-15-29-51)44-60(74)69-57(41-42-59(73)72-84(79,80)56-39-37-48(3)38-40-56)63(76)70-58(64(77)71-62)46-83-67(52-30-16-7-17-31-52,53-32-18-8-19-33-53)54-34-20-9-21-35-54/h4-22,24-40,47,55,57-58,62H,23,41-46H2,1-3H3,(H,68,78)(H,69,74)(H,70,76)(H,71,77)(H,72,73)/b36-22+/t55-,57-,58-,62-/m1/s1. The highest BCUT2D eigenvalue weighted by atomic mass is 32.2. The van der Waals surface area contributed by atoms with E-state index in [9.17, 15) is 37.2 Å². The lowest BCUT2D eigenvalue weighted by atomic mass is 9.84. The largest absolute Gasteiger partial charge is 0.456 e. The van der Waals surface area contributed by atoms with Crippen molar-refractivity contribution in [2.24, 2.45) is 5.92 Å². The third-order valence-corrected chi connectivity index (χ3v) is 19.0. The van der Waals surface area contributed by atoms with E-state index in [0.717, 1.165) is 38.9 Å². The van der Waals surface area contributed by atoms with Gasteiger partial charge in [-0.25, -0.2) is 13.1 Å². The average molecular weight is 1180 g/mol. The van der Waals surface area contributed by atoms with Gasteiger partial charge >= 0.3 is 5.97 Å². The van der Waals surface area contributed by atoms with Crippen molar-refractivity contribution in [3.05, 3.63) is 257 Å². The van der Waals surface area contributed by atoms with Crippen LogP contribution in [0.1, 0.15) is 78.5 Å². The normalized spacial score (nSPS) is 17.8. The molecule has 8 rings (SSSR count). The van der Waals surface area contributed by atoms with Crippen molar-refractivity contribution in [3.63, 3.8) is 0 Å². The monoisotopic (exact) mass is 1180 g/mol. The summed E-state index contributed by atoms with van der Waals surface area (Å²) in [6, 6.07) is 61.6. The predicted molar refractivity (Wildman–Crippen MR) is 331 cm³/mol. The van der Waals surface area contributed by atoms with Gasteiger partial charge in [-0.2, -0.15) is 0 Å². The van der Waals surface area contributed by atoms with Crippen LogP contribution in [-0.2, 0) is 53.0 Å². The number of nitrogens with one attached hydrogen (secondary N) is 5. The number of carbonyl (C=O) groups is 6. The molecule has 7 aromatic carbocycles. The van der Waals surface area contributed by atoms with E-state index in [1.807, 2.05) is 152 Å². The van der Waals surface area contributed by atoms with E-state index in [0.29, 0.717) is 12.2 Å². The Balaban J connectivity index is 1.10. The summed E-state index contributed by atoms with van der Waals surface area (Å²) in [6.45, 7) is 4.65. The number of sulfonamides is 1. The van der Waals surface area contributed by atoms with Crippen LogP contribution in [-0.4, -0.2) is 86.2 Å². The second kappa shape index (κ2) is 29.3. The van der Waals surface area contributed by atoms with Gasteiger partial charge in [-0.3, -0.25) is 28.8 Å². The number of hydrogen-bond donors (Lipinski definition) is 5. The van der Waals surface area contributed by atoms with Crippen molar-refractivity contribution in [1.29, 1.82) is 0 Å². The zero-order chi connectivity index (χ0) is 59.5. The Hall–Kier alpha value is -8.25. The summed E-state index contributed by atoms with van der Waals surface area (Å²) < 4.78 is 33.1. The van der Waals surface area contributed by atoms with Gasteiger partial charge in [0.15, 0.2) is 0 Å². The first-order chi connectivity index (χ1) is 40.6. The maximum Gasteiger partial charge on any atom is 0.326 e. The predicted octanol–water partition coefficient (Wildman–Crippen LogP) is 9.52. The molecule has 17 heteroatoms. The van der Waals surface area contributed by atoms with Crippen molar-refractivity contribution in [2.75, 3.05) is 18.1 Å². The number of benzene rings is 7. The molecule has 0 aromatic heterocycles. The molecule has 1 saturated heterocycles. The SMILES string of the molecule is Cc1ccc(S(=O)(=O)NC(=O)CC[C@H]2NC(=O)C[C@@H](/C=C/CCSC(c3ccccc3)(c3ccccc3)c3ccccc3)OC(=O)CNC(=O)[C@@H](C(C)C)NC(=O)[C@@H](CSC(c3ccccc3)(c3ccccc3)c3ccccc3)NC2=O)cc1. The maximum atomic E-state index is 15.0. The first-order valence-electron chi connectivity index (χ1n) is 27.9. The van der Waals surface area contributed by atoms with Gasteiger partial charge in [0.1, 0.15) is 30.8 Å². The van der Waals surface area contributed by atoms with Crippen molar-refractivity contribution in [2.45, 2.75) is 85.1 Å². The molecule has 5 N–H and O–H groups in total. The van der Waals surface area contributed by atoms with E-state index in [1.165, 1.54) is 23.9 Å². The molecule has 0 unspecified atom stereocenters. The molecule has 0 spiro atoms. The minimum Gasteiger partial charge on any atom is -0.456 e. The molecular formula is C67H69N5O9S3. The molecule has 434 valence electrons. The summed E-state index contributed by atoms with van der Waals surface area (Å²) in [5.41, 5.74) is 6.66. The van der Waals surface area contributed by atoms with Gasteiger partial charge in [0.2, 0.25) is 29.5 Å². The summed E-state index contributed by atoms with van der Waals surface area (Å²) in [6.07, 6.45) is 1.20. The molecule has 0 radical (unpaired) electrons. The average Bonchev–Trinajstić information content (AvgIpc) is 1.52. The Kier molecular flexibility index (Phi) is 21.6. The Morgan fingerprint density at radius 2 is 1.04 bits per heavy atom. The molecule has 1 aliphatic rings. The van der Waals surface area contributed by atoms with Crippen molar-refractivity contribution >= 4 is 69.1 Å². The number of aryl methyl sites for hydroxylation is 1. The van der Waals surface area contributed by atoms with Crippen LogP contribution in [0.3, 0.4) is 0 Å². The highest BCUT2D eigenvalue weighted by Gasteiger charge is 2.41. The van der Waals surface area contributed by atoms with E-state index in [2.05, 4.69) is 62.4 Å². The number of cyclic esters (lactones) is 1. The van der Waals surface area contributed by atoms with E-state index in [4.69, 9.17) is 4.74 Å². The smallest absolute Gasteiger partial charge is 0.326 e. The van der Waals surface area contributed by atoms with E-state index >= 15 is 0 Å². The fraction of sp³-hybridized carbons (Fsp3) is 0.254. The zero-order valence-electron chi connectivity index (χ0n) is 47.0. The molecule has 1 heterocycles. The van der Waals surface area contributed by atoms with Gasteiger partial charge in [0.25, 0.3) is 10.0 Å². The molecule has 1 aliphatic heterocycles. The lowest BCUT2D eigenvalue weighted by Gasteiger charge is -2.37. The number of esters is 1. The fourth-order valence-corrected chi connectivity index (χ4v) is 14.1. The fourth-order valence-electron chi connectivity index (χ4n) is 10.1. The molecule has 5 amide bonds. The molecular weight excluding hydrogens is 1110 g/mol. The molecule has 0 saturated carbocycles. The highest BCUT2D eigenvalue weighted by molar-refractivity contribution is 8.01. The number of ether oxygens (including phenoxy) is 1. The Morgan fingerprint density at radius 1 is 0.595 bits per heavy atom. The van der Waals surface area contributed by atoms with E-state index in [-0.39, 0.29) is 10.6 Å². The van der Waals surface area contributed by atoms with E-state index in [1.54, 1.807) is 50.7 Å². The van der Waals surface area contributed by atoms with Gasteiger partial charge < -0.3 is 26.0 Å². The van der Waals surface area contributed by atoms with Gasteiger partial charge in [-0.1, -0.05) is 220 Å². The van der Waals surface area contributed by atoms with Crippen molar-refractivity contribution in [1.82, 2.24) is 26.0 Å². The molecule has 14 nitrogen and oxygen atoms in total. The summed E-state index contributed by atoms with van der Waals surface area (Å²) in [5.74, 6) is -4.92. The first-order valence-corrected chi connectivity index (χ1v) is 31.3. The summed E-state index contributed by atoms with van der Waals surface area (Å²) in [5, 5.41) is 11.0. The number of hydrogen-bond acceptors (Lipinski definition) is 11. The summed E-state index contributed by atoms with van der Waals surface area (Å²) in [7, 11) is -4.33. The Bertz CT molecular complexity index is 3280. The van der Waals surface area contributed by atoms with Crippen LogP contribution in [0, 0.1) is 12.8 Å². The van der Waals surface area contributed by atoms with Crippen LogP contribution in [0.25, 0.3) is 0 Å². The molecule has 0 bridgehead atoms. The minimum absolute atomic E-state index is 0.0979. The lowest BCUT2D eigenvalue weighted by molar-refractivity contribution is -0.148. The van der Waals surface area contributed by atoms with Gasteiger partial charge in [0, 0.05) is 12.2 Å². The van der Waals surface area contributed by atoms with Crippen LogP contribution in [0.15, 0.2) is 223 Å². The molecule has 0 aliphatic carbocycles. The first kappa shape index (κ1) is 61.8. The van der Waals surface area contributed by atoms with Gasteiger partial charge in [0.05, 0.1) is 20.8 Å². The van der Waals surface area contributed by atoms with Crippen LogP contribution < -0.4 is 26.0 Å². The second-order valence-electron chi connectivity index (χ2n) is 20.7. The second-order valence-corrected chi connectivity index (χ2v) is 24.9. The zero-order valence-corrected chi connectivity index (χ0v) is 49.5. The Morgan fingerprint density at radius 3 is 1.49 bits per heavy atom. The topological polar surface area (TPSA) is 206 Å². The molecule has 4 atom stereocenters. The van der Waals surface area contributed by atoms with Crippen molar-refractivity contribution < 1.29 is 41.9 Å².